The van der Waals surface area contributed by atoms with Crippen LogP contribution in [-0.4, -0.2) is 33.2 Å². The van der Waals surface area contributed by atoms with Crippen LogP contribution in [-0.2, 0) is 14.4 Å². The highest BCUT2D eigenvalue weighted by Crippen LogP contribution is 2.13. The lowest BCUT2D eigenvalue weighted by atomic mass is 10.0. The summed E-state index contributed by atoms with van der Waals surface area (Å²) in [7, 11) is 0. The first kappa shape index (κ1) is 32.6. The van der Waals surface area contributed by atoms with E-state index in [2.05, 4.69) is 20.1 Å². The molecule has 0 aliphatic carbocycles. The van der Waals surface area contributed by atoms with Crippen LogP contribution in [0.1, 0.15) is 110 Å². The van der Waals surface area contributed by atoms with Gasteiger partial charge >= 0.3 is 17.9 Å². The zero-order chi connectivity index (χ0) is 23.5. The maximum absolute atomic E-state index is 10.3. The molecule has 0 aromatic carbocycles. The maximum atomic E-state index is 10.3. The molecule has 0 atom stereocenters. The normalized spacial score (nSPS) is 9.37. The minimum Gasteiger partial charge on any atom is -0.481 e. The van der Waals surface area contributed by atoms with E-state index in [1.54, 1.807) is 0 Å². The molecule has 0 radical (unpaired) electrons. The van der Waals surface area contributed by atoms with Crippen LogP contribution in [0.2, 0.25) is 0 Å². The molecular weight excluding hydrogens is 384 g/mol. The van der Waals surface area contributed by atoms with Crippen molar-refractivity contribution in [3.05, 3.63) is 25.3 Å². The molecule has 0 spiro atoms. The van der Waals surface area contributed by atoms with E-state index in [-0.39, 0.29) is 0 Å². The first-order valence-electron chi connectivity index (χ1n) is 11.2. The summed E-state index contributed by atoms with van der Waals surface area (Å²) < 4.78 is 0. The average Bonchev–Trinajstić information content (AvgIpc) is 2.71. The minimum atomic E-state index is -0.981. The highest BCUT2D eigenvalue weighted by molar-refractivity contribution is 5.79. The Kier molecular flexibility index (Phi) is 31.6. The molecule has 176 valence electrons. The van der Waals surface area contributed by atoms with E-state index in [1.165, 1.54) is 83.5 Å². The van der Waals surface area contributed by atoms with Gasteiger partial charge in [0.25, 0.3) is 0 Å². The second-order valence-electron chi connectivity index (χ2n) is 7.18. The Morgan fingerprint density at radius 3 is 1.00 bits per heavy atom. The molecular formula is C24H44O6. The lowest BCUT2D eigenvalue weighted by molar-refractivity contribution is -0.137. The second-order valence-corrected chi connectivity index (χ2v) is 7.18. The number of carboxylic acids is 3. The van der Waals surface area contributed by atoms with E-state index in [9.17, 15) is 14.4 Å². The summed E-state index contributed by atoms with van der Waals surface area (Å²) in [5.41, 5.74) is 0. The third-order valence-electron chi connectivity index (χ3n) is 4.34. The first-order valence-corrected chi connectivity index (χ1v) is 11.2. The molecule has 30 heavy (non-hydrogen) atoms. The van der Waals surface area contributed by atoms with Crippen molar-refractivity contribution in [3.8, 4) is 0 Å². The van der Waals surface area contributed by atoms with Crippen molar-refractivity contribution in [2.24, 2.45) is 0 Å². The third-order valence-corrected chi connectivity index (χ3v) is 4.34. The molecule has 0 saturated heterocycles. The maximum Gasteiger partial charge on any atom is 0.327 e. The number of hydrogen-bond acceptors (Lipinski definition) is 3. The predicted octanol–water partition coefficient (Wildman–Crippen LogP) is 6.85. The second kappa shape index (κ2) is 29.1. The van der Waals surface area contributed by atoms with Crippen molar-refractivity contribution < 1.29 is 29.7 Å². The van der Waals surface area contributed by atoms with Crippen LogP contribution in [0.25, 0.3) is 0 Å². The van der Waals surface area contributed by atoms with Gasteiger partial charge < -0.3 is 15.3 Å². The van der Waals surface area contributed by atoms with Gasteiger partial charge in [0.05, 0.1) is 0 Å². The molecule has 3 N–H and O–H groups in total. The number of unbranched alkanes of at least 4 members (excludes halogenated alkanes) is 14. The van der Waals surface area contributed by atoms with Crippen LogP contribution in [0, 0.1) is 0 Å². The van der Waals surface area contributed by atoms with Crippen molar-refractivity contribution in [1.82, 2.24) is 0 Å². The van der Waals surface area contributed by atoms with E-state index in [0.717, 1.165) is 25.0 Å². The van der Waals surface area contributed by atoms with Gasteiger partial charge in [0.2, 0.25) is 0 Å². The number of hydrogen-bond donors (Lipinski definition) is 3. The fourth-order valence-corrected chi connectivity index (χ4v) is 2.65. The van der Waals surface area contributed by atoms with Crippen LogP contribution in [0.5, 0.6) is 0 Å². The molecule has 0 amide bonds. The van der Waals surface area contributed by atoms with E-state index in [1.807, 2.05) is 0 Å². The summed E-state index contributed by atoms with van der Waals surface area (Å²) in [6.07, 6.45) is 21.9. The predicted molar refractivity (Wildman–Crippen MR) is 123 cm³/mol. The highest BCUT2D eigenvalue weighted by Gasteiger charge is 1.97. The number of rotatable bonds is 18. The van der Waals surface area contributed by atoms with Crippen LogP contribution in [0.15, 0.2) is 25.3 Å². The summed E-state index contributed by atoms with van der Waals surface area (Å²) >= 11 is 0. The highest BCUT2D eigenvalue weighted by atomic mass is 16.4. The topological polar surface area (TPSA) is 112 Å². The smallest absolute Gasteiger partial charge is 0.327 e. The fraction of sp³-hybridized carbons (Fsp3) is 0.708. The summed E-state index contributed by atoms with van der Waals surface area (Å²) in [5.74, 6) is -2.62. The van der Waals surface area contributed by atoms with Crippen LogP contribution in [0.3, 0.4) is 0 Å². The van der Waals surface area contributed by atoms with E-state index < -0.39 is 17.9 Å². The Balaban J connectivity index is -0.000000599. The summed E-state index contributed by atoms with van der Waals surface area (Å²) in [4.78, 5) is 28.8. The quantitative estimate of drug-likeness (QED) is 0.163. The van der Waals surface area contributed by atoms with Gasteiger partial charge in [-0.25, -0.2) is 9.59 Å². The first-order chi connectivity index (χ1) is 14.3. The Morgan fingerprint density at radius 2 is 0.800 bits per heavy atom. The zero-order valence-corrected chi connectivity index (χ0v) is 18.9. The van der Waals surface area contributed by atoms with Gasteiger partial charge in [0.15, 0.2) is 0 Å². The summed E-state index contributed by atoms with van der Waals surface area (Å²) in [5, 5.41) is 23.7. The minimum absolute atomic E-state index is 0.345. The Bertz CT molecular complexity index is 413. The molecule has 0 rings (SSSR count). The number of carbonyl (C=O) groups is 3. The van der Waals surface area contributed by atoms with Gasteiger partial charge in [-0.2, -0.15) is 0 Å². The Hall–Kier alpha value is -2.11. The fourth-order valence-electron chi connectivity index (χ4n) is 2.65. The molecule has 0 heterocycles. The van der Waals surface area contributed by atoms with Crippen molar-refractivity contribution in [3.63, 3.8) is 0 Å². The molecule has 6 heteroatoms. The Labute approximate surface area is 183 Å². The SMILES string of the molecule is C=CC(=O)O.C=CC(=O)O.CCCCCCCCCCCCCCCCCC(=O)O. The summed E-state index contributed by atoms with van der Waals surface area (Å²) in [6, 6.07) is 0. The van der Waals surface area contributed by atoms with Gasteiger partial charge in [-0.3, -0.25) is 4.79 Å². The van der Waals surface area contributed by atoms with Gasteiger partial charge in [0, 0.05) is 18.6 Å². The molecule has 0 saturated carbocycles. The van der Waals surface area contributed by atoms with Gasteiger partial charge in [-0.15, -0.1) is 0 Å². The zero-order valence-electron chi connectivity index (χ0n) is 18.9. The van der Waals surface area contributed by atoms with Crippen molar-refractivity contribution >= 4 is 17.9 Å². The van der Waals surface area contributed by atoms with Crippen LogP contribution < -0.4 is 0 Å². The largest absolute Gasteiger partial charge is 0.481 e. The molecule has 0 aromatic heterocycles. The Morgan fingerprint density at radius 1 is 0.567 bits per heavy atom. The monoisotopic (exact) mass is 428 g/mol. The number of carboxylic acid groups (broad SMARTS) is 3. The summed E-state index contributed by atoms with van der Waals surface area (Å²) in [6.45, 7) is 8.19. The van der Waals surface area contributed by atoms with Crippen molar-refractivity contribution in [1.29, 1.82) is 0 Å². The molecule has 0 aliphatic heterocycles. The van der Waals surface area contributed by atoms with Crippen molar-refractivity contribution in [2.75, 3.05) is 0 Å². The van der Waals surface area contributed by atoms with Crippen molar-refractivity contribution in [2.45, 2.75) is 110 Å². The van der Waals surface area contributed by atoms with Gasteiger partial charge in [0.1, 0.15) is 0 Å². The third kappa shape index (κ3) is 44.9. The van der Waals surface area contributed by atoms with E-state index >= 15 is 0 Å². The van der Waals surface area contributed by atoms with E-state index in [0.29, 0.717) is 6.42 Å². The number of aliphatic carboxylic acids is 3. The van der Waals surface area contributed by atoms with Gasteiger partial charge in [-0.1, -0.05) is 110 Å². The lowest BCUT2D eigenvalue weighted by Gasteiger charge is -2.03. The average molecular weight is 429 g/mol. The van der Waals surface area contributed by atoms with Gasteiger partial charge in [-0.05, 0) is 6.42 Å². The molecule has 0 fully saturated rings. The van der Waals surface area contributed by atoms with Crippen LogP contribution >= 0.6 is 0 Å². The molecule has 0 aromatic rings. The van der Waals surface area contributed by atoms with E-state index in [4.69, 9.17) is 15.3 Å². The molecule has 0 unspecified atom stereocenters. The molecule has 0 aliphatic rings. The standard InChI is InChI=1S/C18H36O2.2C3H4O2/c1-2-3-4-5-6-7-8-9-10-11-12-13-14-15-16-17-18(19)20;2*1-2-3(4)5/h2-17H2,1H3,(H,19,20);2*2H,1H2,(H,4,5). The van der Waals surface area contributed by atoms with Crippen LogP contribution in [0.4, 0.5) is 0 Å². The molecule has 0 bridgehead atoms. The lowest BCUT2D eigenvalue weighted by Crippen LogP contribution is -1.93. The molecule has 6 nitrogen and oxygen atoms in total.